The van der Waals surface area contributed by atoms with E-state index in [1.54, 1.807) is 14.0 Å². The van der Waals surface area contributed by atoms with E-state index in [9.17, 15) is 14.4 Å². The highest BCUT2D eigenvalue weighted by Gasteiger charge is 2.35. The fourth-order valence-corrected chi connectivity index (χ4v) is 3.76. The smallest absolute Gasteiger partial charge is 0.332 e. The largest absolute Gasteiger partial charge is 0.344 e. The Kier molecular flexibility index (Phi) is 4.68. The molecule has 2 heterocycles. The maximum Gasteiger partial charge on any atom is 0.332 e. The number of Topliss-reactive ketones (excluding diaryl/α,β-unsaturated/α-hetero) is 1. The molecule has 1 aromatic heterocycles. The molecule has 6 heteroatoms. The summed E-state index contributed by atoms with van der Waals surface area (Å²) in [6.07, 6.45) is 0. The van der Waals surface area contributed by atoms with Crippen LogP contribution in [-0.4, -0.2) is 14.9 Å². The highest BCUT2D eigenvalue weighted by Crippen LogP contribution is 2.39. The number of hydrogen-bond acceptors (Lipinski definition) is 4. The van der Waals surface area contributed by atoms with Gasteiger partial charge in [0.15, 0.2) is 5.78 Å². The molecule has 0 saturated heterocycles. The van der Waals surface area contributed by atoms with E-state index < -0.39 is 11.6 Å². The van der Waals surface area contributed by atoms with E-state index >= 15 is 0 Å². The van der Waals surface area contributed by atoms with Crippen LogP contribution in [0.25, 0.3) is 0 Å². The summed E-state index contributed by atoms with van der Waals surface area (Å²) in [4.78, 5) is 37.8. The van der Waals surface area contributed by atoms with Crippen molar-refractivity contribution in [2.75, 3.05) is 5.32 Å². The Balaban J connectivity index is 2.35. The molecule has 0 amide bonds. The van der Waals surface area contributed by atoms with Crippen molar-refractivity contribution in [3.05, 3.63) is 73.1 Å². The lowest BCUT2D eigenvalue weighted by molar-refractivity contribution is -0.113. The van der Waals surface area contributed by atoms with Crippen LogP contribution in [0.4, 0.5) is 5.82 Å². The van der Waals surface area contributed by atoms with Crippen molar-refractivity contribution in [3.63, 3.8) is 0 Å². The molecular formula is C21H25N3O3. The van der Waals surface area contributed by atoms with Crippen LogP contribution in [0.5, 0.6) is 0 Å². The minimum absolute atomic E-state index is 0.0977. The topological polar surface area (TPSA) is 73.1 Å². The average molecular weight is 367 g/mol. The Hall–Kier alpha value is -2.89. The zero-order valence-corrected chi connectivity index (χ0v) is 16.6. The molecule has 27 heavy (non-hydrogen) atoms. The number of fused-ring (bicyclic) bond motifs is 1. The van der Waals surface area contributed by atoms with Crippen LogP contribution in [0.1, 0.15) is 56.2 Å². The van der Waals surface area contributed by atoms with Crippen molar-refractivity contribution in [2.24, 2.45) is 14.1 Å². The zero-order chi connectivity index (χ0) is 20.0. The molecule has 1 aliphatic heterocycles. The highest BCUT2D eigenvalue weighted by atomic mass is 16.2. The molecular weight excluding hydrogens is 342 g/mol. The summed E-state index contributed by atoms with van der Waals surface area (Å²) in [7, 11) is 3.08. The van der Waals surface area contributed by atoms with E-state index in [1.807, 2.05) is 24.3 Å². The molecule has 2 aromatic rings. The third-order valence-corrected chi connectivity index (χ3v) is 5.30. The average Bonchev–Trinajstić information content (AvgIpc) is 2.63. The summed E-state index contributed by atoms with van der Waals surface area (Å²) in [6, 6.07) is 7.99. The van der Waals surface area contributed by atoms with Crippen molar-refractivity contribution >= 4 is 11.6 Å². The second kappa shape index (κ2) is 6.68. The number of nitrogens with one attached hydrogen (secondary N) is 1. The number of nitrogens with zero attached hydrogens (tertiary/aromatic N) is 2. The van der Waals surface area contributed by atoms with Gasteiger partial charge in [0, 0.05) is 31.3 Å². The summed E-state index contributed by atoms with van der Waals surface area (Å²) >= 11 is 0. The molecule has 142 valence electrons. The van der Waals surface area contributed by atoms with Crippen LogP contribution in [0.3, 0.4) is 0 Å². The van der Waals surface area contributed by atoms with E-state index in [0.717, 1.165) is 10.1 Å². The maximum atomic E-state index is 13.0. The van der Waals surface area contributed by atoms with Gasteiger partial charge in [0.1, 0.15) is 5.82 Å². The first-order valence-corrected chi connectivity index (χ1v) is 9.03. The Morgan fingerprint density at radius 3 is 2.19 bits per heavy atom. The molecule has 1 atom stereocenters. The molecule has 6 nitrogen and oxygen atoms in total. The summed E-state index contributed by atoms with van der Waals surface area (Å²) in [5, 5.41) is 3.11. The first-order chi connectivity index (χ1) is 12.6. The SMILES string of the molecule is CC(=O)C1=C(C)Nc2c(c(=O)n(C)c(=O)n2C)C1c1ccc(C(C)C)cc1. The van der Waals surface area contributed by atoms with Crippen molar-refractivity contribution in [1.29, 1.82) is 0 Å². The van der Waals surface area contributed by atoms with E-state index in [-0.39, 0.29) is 11.3 Å². The monoisotopic (exact) mass is 367 g/mol. The van der Waals surface area contributed by atoms with Gasteiger partial charge in [-0.25, -0.2) is 4.79 Å². The second-order valence-corrected chi connectivity index (χ2v) is 7.44. The summed E-state index contributed by atoms with van der Waals surface area (Å²) in [6.45, 7) is 7.54. The van der Waals surface area contributed by atoms with Gasteiger partial charge < -0.3 is 5.32 Å². The molecule has 0 radical (unpaired) electrons. The van der Waals surface area contributed by atoms with E-state index in [0.29, 0.717) is 28.6 Å². The van der Waals surface area contributed by atoms with Crippen molar-refractivity contribution in [1.82, 2.24) is 9.13 Å². The standard InChI is InChI=1S/C21H25N3O3/c1-11(2)14-7-9-15(10-8-14)17-16(13(4)25)12(3)22-19-18(17)20(26)24(6)21(27)23(19)5/h7-11,17,22H,1-6H3. The molecule has 0 aliphatic carbocycles. The maximum absolute atomic E-state index is 13.0. The molecule has 0 fully saturated rings. The highest BCUT2D eigenvalue weighted by molar-refractivity contribution is 5.98. The molecule has 0 saturated carbocycles. The Morgan fingerprint density at radius 1 is 1.07 bits per heavy atom. The van der Waals surface area contributed by atoms with E-state index in [4.69, 9.17) is 0 Å². The lowest BCUT2D eigenvalue weighted by Gasteiger charge is -2.31. The number of ketones is 1. The van der Waals surface area contributed by atoms with Gasteiger partial charge in [-0.2, -0.15) is 0 Å². The lowest BCUT2D eigenvalue weighted by Crippen LogP contribution is -2.43. The summed E-state index contributed by atoms with van der Waals surface area (Å²) in [5.74, 6) is 0.228. The van der Waals surface area contributed by atoms with Gasteiger partial charge in [0.05, 0.1) is 5.56 Å². The molecule has 0 bridgehead atoms. The van der Waals surface area contributed by atoms with Crippen molar-refractivity contribution in [3.8, 4) is 0 Å². The Labute approximate surface area is 158 Å². The number of aromatic nitrogens is 2. The van der Waals surface area contributed by atoms with Crippen molar-refractivity contribution < 1.29 is 4.79 Å². The molecule has 1 aliphatic rings. The van der Waals surface area contributed by atoms with Gasteiger partial charge in [-0.1, -0.05) is 38.1 Å². The fourth-order valence-electron chi connectivity index (χ4n) is 3.76. The zero-order valence-electron chi connectivity index (χ0n) is 16.6. The number of carbonyl (C=O) groups is 1. The van der Waals surface area contributed by atoms with Crippen LogP contribution in [0.15, 0.2) is 45.1 Å². The Bertz CT molecular complexity index is 1070. The normalized spacial score (nSPS) is 16.3. The first-order valence-electron chi connectivity index (χ1n) is 9.03. The number of anilines is 1. The van der Waals surface area contributed by atoms with Gasteiger partial charge in [0.25, 0.3) is 5.56 Å². The minimum Gasteiger partial charge on any atom is -0.344 e. The molecule has 1 unspecified atom stereocenters. The van der Waals surface area contributed by atoms with Gasteiger partial charge in [-0.05, 0) is 30.9 Å². The van der Waals surface area contributed by atoms with Gasteiger partial charge in [-0.15, -0.1) is 0 Å². The number of carbonyl (C=O) groups excluding carboxylic acids is 1. The number of rotatable bonds is 3. The van der Waals surface area contributed by atoms with Crippen molar-refractivity contribution in [2.45, 2.75) is 39.5 Å². The predicted molar refractivity (Wildman–Crippen MR) is 106 cm³/mol. The van der Waals surface area contributed by atoms with E-state index in [2.05, 4.69) is 19.2 Å². The van der Waals surface area contributed by atoms with E-state index in [1.165, 1.54) is 24.1 Å². The molecule has 3 rings (SSSR count). The third kappa shape index (κ3) is 2.95. The molecule has 1 aromatic carbocycles. The fraction of sp³-hybridized carbons (Fsp3) is 0.381. The predicted octanol–water partition coefficient (Wildman–Crippen LogP) is 2.63. The lowest BCUT2D eigenvalue weighted by atomic mass is 9.80. The van der Waals surface area contributed by atoms with Gasteiger partial charge >= 0.3 is 5.69 Å². The van der Waals surface area contributed by atoms with Crippen LogP contribution in [0, 0.1) is 0 Å². The number of benzene rings is 1. The molecule has 0 spiro atoms. The minimum atomic E-state index is -0.509. The third-order valence-electron chi connectivity index (χ3n) is 5.30. The first kappa shape index (κ1) is 18.9. The van der Waals surface area contributed by atoms with Gasteiger partial charge in [-0.3, -0.25) is 18.7 Å². The van der Waals surface area contributed by atoms with Crippen LogP contribution < -0.4 is 16.6 Å². The quantitative estimate of drug-likeness (QED) is 0.905. The Morgan fingerprint density at radius 2 is 1.67 bits per heavy atom. The van der Waals surface area contributed by atoms with Crippen LogP contribution >= 0.6 is 0 Å². The second-order valence-electron chi connectivity index (χ2n) is 7.44. The number of hydrogen-bond donors (Lipinski definition) is 1. The summed E-state index contributed by atoms with van der Waals surface area (Å²) in [5.41, 5.74) is 2.90. The number of allylic oxidation sites excluding steroid dienone is 2. The van der Waals surface area contributed by atoms with Crippen LogP contribution in [0.2, 0.25) is 0 Å². The summed E-state index contributed by atoms with van der Waals surface area (Å²) < 4.78 is 2.51. The van der Waals surface area contributed by atoms with Crippen LogP contribution in [-0.2, 0) is 18.9 Å². The van der Waals surface area contributed by atoms with Gasteiger partial charge in [0.2, 0.25) is 0 Å². The molecule has 1 N–H and O–H groups in total.